The van der Waals surface area contributed by atoms with Crippen molar-refractivity contribution in [2.24, 2.45) is 0 Å². The minimum Gasteiger partial charge on any atom is -0.494 e. The number of hydrogen-bond donors (Lipinski definition) is 2. The number of amides is 1. The first-order chi connectivity index (χ1) is 9.51. The Kier molecular flexibility index (Phi) is 4.24. The van der Waals surface area contributed by atoms with E-state index in [9.17, 15) is 9.18 Å². The molecule has 2 rings (SSSR count). The van der Waals surface area contributed by atoms with Crippen molar-refractivity contribution in [2.45, 2.75) is 0 Å². The Morgan fingerprint density at radius 3 is 2.70 bits per heavy atom. The van der Waals surface area contributed by atoms with Gasteiger partial charge in [0.2, 0.25) is 0 Å². The predicted molar refractivity (Wildman–Crippen MR) is 79.5 cm³/mol. The maximum atomic E-state index is 13.3. The Labute approximate surface area is 123 Å². The van der Waals surface area contributed by atoms with Crippen molar-refractivity contribution in [2.75, 3.05) is 18.2 Å². The fraction of sp³-hybridized carbons (Fsp3) is 0.0714. The molecular weight excluding hydrogens is 327 g/mol. The van der Waals surface area contributed by atoms with E-state index in [0.29, 0.717) is 21.4 Å². The van der Waals surface area contributed by atoms with E-state index in [1.807, 2.05) is 0 Å². The summed E-state index contributed by atoms with van der Waals surface area (Å²) < 4.78 is 18.8. The van der Waals surface area contributed by atoms with Gasteiger partial charge in [-0.3, -0.25) is 4.79 Å². The van der Waals surface area contributed by atoms with Crippen molar-refractivity contribution in [1.82, 2.24) is 0 Å². The zero-order valence-electron chi connectivity index (χ0n) is 10.6. The van der Waals surface area contributed by atoms with Gasteiger partial charge in [-0.1, -0.05) is 0 Å². The maximum Gasteiger partial charge on any atom is 0.255 e. The average molecular weight is 339 g/mol. The first kappa shape index (κ1) is 14.3. The van der Waals surface area contributed by atoms with Crippen LogP contribution >= 0.6 is 15.9 Å². The largest absolute Gasteiger partial charge is 0.494 e. The molecule has 0 heterocycles. The minimum atomic E-state index is -0.485. The molecule has 4 nitrogen and oxygen atoms in total. The number of nitrogen functional groups attached to an aromatic ring is 1. The van der Waals surface area contributed by atoms with Crippen LogP contribution in [0, 0.1) is 5.82 Å². The second kappa shape index (κ2) is 5.92. The number of ether oxygens (including phenoxy) is 1. The van der Waals surface area contributed by atoms with Gasteiger partial charge in [0.05, 0.1) is 7.11 Å². The van der Waals surface area contributed by atoms with Gasteiger partial charge in [-0.2, -0.15) is 0 Å². The Morgan fingerprint density at radius 1 is 1.30 bits per heavy atom. The van der Waals surface area contributed by atoms with Crippen LogP contribution in [-0.2, 0) is 0 Å². The van der Waals surface area contributed by atoms with Crippen molar-refractivity contribution < 1.29 is 13.9 Å². The standard InChI is InChI=1S/C14H12BrFN2O2/c1-20-13-7-9(3-4-11(13)16)18-14(19)8-2-5-12(17)10(15)6-8/h2-7H,17H2,1H3,(H,18,19). The number of hydrogen-bond acceptors (Lipinski definition) is 3. The molecule has 6 heteroatoms. The Balaban J connectivity index is 2.21. The third-order valence-corrected chi connectivity index (χ3v) is 3.36. The summed E-state index contributed by atoms with van der Waals surface area (Å²) in [7, 11) is 1.36. The Hall–Kier alpha value is -2.08. The lowest BCUT2D eigenvalue weighted by Gasteiger charge is -2.08. The molecular formula is C14H12BrFN2O2. The Morgan fingerprint density at radius 2 is 2.05 bits per heavy atom. The van der Waals surface area contributed by atoms with Crippen LogP contribution in [0.2, 0.25) is 0 Å². The molecule has 0 aromatic heterocycles. The number of nitrogens with one attached hydrogen (secondary N) is 1. The fourth-order valence-electron chi connectivity index (χ4n) is 1.61. The minimum absolute atomic E-state index is 0.0706. The second-order valence-electron chi connectivity index (χ2n) is 4.04. The zero-order valence-corrected chi connectivity index (χ0v) is 12.2. The van der Waals surface area contributed by atoms with Gasteiger partial charge in [0.25, 0.3) is 5.91 Å². The highest BCUT2D eigenvalue weighted by Crippen LogP contribution is 2.23. The van der Waals surface area contributed by atoms with E-state index in [4.69, 9.17) is 10.5 Å². The number of rotatable bonds is 3. The van der Waals surface area contributed by atoms with Crippen molar-refractivity contribution in [3.8, 4) is 5.75 Å². The molecule has 20 heavy (non-hydrogen) atoms. The molecule has 0 aliphatic rings. The maximum absolute atomic E-state index is 13.3. The van der Waals surface area contributed by atoms with Crippen LogP contribution in [0.3, 0.4) is 0 Å². The average Bonchev–Trinajstić information content (AvgIpc) is 2.43. The van der Waals surface area contributed by atoms with Crippen molar-refractivity contribution in [1.29, 1.82) is 0 Å². The summed E-state index contributed by atoms with van der Waals surface area (Å²) in [4.78, 5) is 12.1. The molecule has 0 unspecified atom stereocenters. The third kappa shape index (κ3) is 3.08. The summed E-state index contributed by atoms with van der Waals surface area (Å²) in [5, 5.41) is 2.66. The smallest absolute Gasteiger partial charge is 0.255 e. The molecule has 0 radical (unpaired) electrons. The number of halogens is 2. The van der Waals surface area contributed by atoms with E-state index in [0.717, 1.165) is 0 Å². The molecule has 0 aliphatic carbocycles. The van der Waals surface area contributed by atoms with Crippen LogP contribution in [0.25, 0.3) is 0 Å². The first-order valence-electron chi connectivity index (χ1n) is 5.71. The van der Waals surface area contributed by atoms with Crippen LogP contribution in [-0.4, -0.2) is 13.0 Å². The summed E-state index contributed by atoms with van der Waals surface area (Å²) in [6.45, 7) is 0. The van der Waals surface area contributed by atoms with Gasteiger partial charge in [-0.25, -0.2) is 4.39 Å². The highest BCUT2D eigenvalue weighted by molar-refractivity contribution is 9.10. The second-order valence-corrected chi connectivity index (χ2v) is 4.89. The SMILES string of the molecule is COc1cc(NC(=O)c2ccc(N)c(Br)c2)ccc1F. The summed E-state index contributed by atoms with van der Waals surface area (Å²) >= 11 is 3.26. The quantitative estimate of drug-likeness (QED) is 0.842. The first-order valence-corrected chi connectivity index (χ1v) is 6.50. The molecule has 0 spiro atoms. The van der Waals surface area contributed by atoms with Crippen molar-refractivity contribution >= 4 is 33.2 Å². The molecule has 0 saturated heterocycles. The van der Waals surface area contributed by atoms with Gasteiger partial charge < -0.3 is 15.8 Å². The van der Waals surface area contributed by atoms with Crippen molar-refractivity contribution in [3.63, 3.8) is 0 Å². The van der Waals surface area contributed by atoms with Gasteiger partial charge in [0.1, 0.15) is 0 Å². The number of carbonyl (C=O) groups is 1. The van der Waals surface area contributed by atoms with E-state index < -0.39 is 5.82 Å². The van der Waals surface area contributed by atoms with E-state index in [1.54, 1.807) is 18.2 Å². The monoisotopic (exact) mass is 338 g/mol. The molecule has 0 saturated carbocycles. The third-order valence-electron chi connectivity index (χ3n) is 2.67. The molecule has 2 aromatic rings. The fourth-order valence-corrected chi connectivity index (χ4v) is 1.99. The van der Waals surface area contributed by atoms with Crippen LogP contribution in [0.15, 0.2) is 40.9 Å². The van der Waals surface area contributed by atoms with Crippen molar-refractivity contribution in [3.05, 3.63) is 52.3 Å². The zero-order chi connectivity index (χ0) is 14.7. The van der Waals surface area contributed by atoms with E-state index in [-0.39, 0.29) is 11.7 Å². The lowest BCUT2D eigenvalue weighted by atomic mass is 10.2. The van der Waals surface area contributed by atoms with Gasteiger partial charge in [0, 0.05) is 27.5 Å². The molecule has 0 atom stereocenters. The van der Waals surface area contributed by atoms with Crippen LogP contribution < -0.4 is 15.8 Å². The molecule has 104 valence electrons. The number of methoxy groups -OCH3 is 1. The Bertz CT molecular complexity index is 662. The summed E-state index contributed by atoms with van der Waals surface area (Å²) in [5.74, 6) is -0.735. The van der Waals surface area contributed by atoms with Gasteiger partial charge in [-0.05, 0) is 46.3 Å². The molecule has 3 N–H and O–H groups in total. The highest BCUT2D eigenvalue weighted by atomic mass is 79.9. The highest BCUT2D eigenvalue weighted by Gasteiger charge is 2.10. The van der Waals surface area contributed by atoms with Crippen LogP contribution in [0.1, 0.15) is 10.4 Å². The van der Waals surface area contributed by atoms with E-state index in [1.165, 1.54) is 25.3 Å². The predicted octanol–water partition coefficient (Wildman–Crippen LogP) is 3.43. The van der Waals surface area contributed by atoms with Gasteiger partial charge >= 0.3 is 0 Å². The van der Waals surface area contributed by atoms with E-state index in [2.05, 4.69) is 21.2 Å². The van der Waals surface area contributed by atoms with E-state index >= 15 is 0 Å². The summed E-state index contributed by atoms with van der Waals surface area (Å²) in [6.07, 6.45) is 0. The topological polar surface area (TPSA) is 64.3 Å². The normalized spacial score (nSPS) is 10.2. The van der Waals surface area contributed by atoms with Crippen LogP contribution in [0.5, 0.6) is 5.75 Å². The number of benzene rings is 2. The summed E-state index contributed by atoms with van der Waals surface area (Å²) in [6, 6.07) is 8.96. The number of anilines is 2. The molecule has 0 aliphatic heterocycles. The van der Waals surface area contributed by atoms with Gasteiger partial charge in [-0.15, -0.1) is 0 Å². The number of carbonyl (C=O) groups excluding carboxylic acids is 1. The molecule has 1 amide bonds. The molecule has 0 bridgehead atoms. The summed E-state index contributed by atoms with van der Waals surface area (Å²) in [5.41, 5.74) is 7.09. The van der Waals surface area contributed by atoms with Gasteiger partial charge in [0.15, 0.2) is 11.6 Å². The lowest BCUT2D eigenvalue weighted by Crippen LogP contribution is -2.12. The lowest BCUT2D eigenvalue weighted by molar-refractivity contribution is 0.102. The molecule has 0 fully saturated rings. The molecule has 2 aromatic carbocycles. The number of nitrogens with two attached hydrogens (primary N) is 1. The van der Waals surface area contributed by atoms with Crippen LogP contribution in [0.4, 0.5) is 15.8 Å².